The lowest BCUT2D eigenvalue weighted by molar-refractivity contribution is -0.124. The van der Waals surface area contributed by atoms with Crippen LogP contribution in [0.4, 0.5) is 0 Å². The first-order chi connectivity index (χ1) is 12.0. The highest BCUT2D eigenvalue weighted by molar-refractivity contribution is 8.04. The summed E-state index contributed by atoms with van der Waals surface area (Å²) in [5, 5.41) is 10.4. The van der Waals surface area contributed by atoms with Gasteiger partial charge in [-0.1, -0.05) is 38.5 Å². The van der Waals surface area contributed by atoms with E-state index in [-0.39, 0.29) is 5.91 Å². The first-order valence-corrected chi connectivity index (χ1v) is 10.1. The topological polar surface area (TPSA) is 43.8 Å². The van der Waals surface area contributed by atoms with Crippen molar-refractivity contribution in [3.05, 3.63) is 33.7 Å². The number of likely N-dealkylation sites (N-methyl/N-ethyl adjacent to an activating group) is 1. The molecular weight excluding hydrogens is 332 g/mol. The average Bonchev–Trinajstić information content (AvgIpc) is 2.90. The van der Waals surface area contributed by atoms with Crippen LogP contribution in [0.1, 0.15) is 43.4 Å². The van der Waals surface area contributed by atoms with Crippen LogP contribution in [0.25, 0.3) is 6.08 Å². The zero-order chi connectivity index (χ0) is 18.4. The predicted octanol–water partition coefficient (Wildman–Crippen LogP) is 3.73. The molecule has 1 heterocycles. The number of nitrogens with zero attached hydrogens (tertiary/aromatic N) is 2. The maximum atomic E-state index is 12.6. The molecule has 0 saturated carbocycles. The second-order valence-electron chi connectivity index (χ2n) is 6.84. The molecule has 0 atom stereocenters. The molecule has 1 N–H and O–H groups in total. The highest BCUT2D eigenvalue weighted by Crippen LogP contribution is 2.32. The van der Waals surface area contributed by atoms with Crippen LogP contribution in [0.5, 0.6) is 5.75 Å². The SMILES string of the molecule is CCCc1cc(/C=C2\SCN(CCN(C)C)C2=O)cc(CCC)c1O. The molecule has 138 valence electrons. The van der Waals surface area contributed by atoms with Gasteiger partial charge < -0.3 is 14.9 Å². The second kappa shape index (κ2) is 9.30. The van der Waals surface area contributed by atoms with E-state index in [1.54, 1.807) is 11.8 Å². The van der Waals surface area contributed by atoms with Crippen LogP contribution >= 0.6 is 11.8 Å². The number of hydrogen-bond donors (Lipinski definition) is 1. The van der Waals surface area contributed by atoms with Crippen LogP contribution in [0.2, 0.25) is 0 Å². The zero-order valence-corrected chi connectivity index (χ0v) is 16.7. The van der Waals surface area contributed by atoms with Crippen LogP contribution in [0, 0.1) is 0 Å². The molecule has 5 heteroatoms. The molecule has 1 aromatic rings. The van der Waals surface area contributed by atoms with Crippen molar-refractivity contribution in [1.82, 2.24) is 9.80 Å². The van der Waals surface area contributed by atoms with Gasteiger partial charge in [-0.2, -0.15) is 0 Å². The van der Waals surface area contributed by atoms with Crippen molar-refractivity contribution >= 4 is 23.7 Å². The molecule has 0 bridgehead atoms. The number of thioether (sulfide) groups is 1. The standard InChI is InChI=1S/C20H30N2O2S/c1-5-7-16-11-15(12-17(8-6-2)19(16)23)13-18-20(24)22(14-25-18)10-9-21(3)4/h11-13,23H,5-10,14H2,1-4H3/b18-13-. The zero-order valence-electron chi connectivity index (χ0n) is 15.8. The number of aromatic hydroxyl groups is 1. The van der Waals surface area contributed by atoms with Gasteiger partial charge in [0.2, 0.25) is 0 Å². The molecule has 0 aliphatic carbocycles. The van der Waals surface area contributed by atoms with Crippen molar-refractivity contribution in [1.29, 1.82) is 0 Å². The number of phenols is 1. The van der Waals surface area contributed by atoms with Crippen LogP contribution in [-0.2, 0) is 17.6 Å². The number of carbonyl (C=O) groups is 1. The number of aryl methyl sites for hydroxylation is 2. The van der Waals surface area contributed by atoms with Crippen molar-refractivity contribution in [2.24, 2.45) is 0 Å². The predicted molar refractivity (Wildman–Crippen MR) is 107 cm³/mol. The molecular formula is C20H30N2O2S. The lowest BCUT2D eigenvalue weighted by atomic mass is 9.98. The molecule has 1 aliphatic rings. The Morgan fingerprint density at radius 2 is 1.80 bits per heavy atom. The third-order valence-electron chi connectivity index (χ3n) is 4.32. The minimum absolute atomic E-state index is 0.119. The van der Waals surface area contributed by atoms with Gasteiger partial charge in [0, 0.05) is 13.1 Å². The smallest absolute Gasteiger partial charge is 0.261 e. The monoisotopic (exact) mass is 362 g/mol. The Morgan fingerprint density at radius 3 is 2.32 bits per heavy atom. The summed E-state index contributed by atoms with van der Waals surface area (Å²) < 4.78 is 0. The van der Waals surface area contributed by atoms with E-state index in [1.165, 1.54) is 0 Å². The van der Waals surface area contributed by atoms with Crippen LogP contribution in [0.3, 0.4) is 0 Å². The number of rotatable bonds is 8. The fraction of sp³-hybridized carbons (Fsp3) is 0.550. The Balaban J connectivity index is 2.23. The first-order valence-electron chi connectivity index (χ1n) is 9.09. The van der Waals surface area contributed by atoms with Crippen LogP contribution < -0.4 is 0 Å². The largest absolute Gasteiger partial charge is 0.507 e. The van der Waals surface area contributed by atoms with Crippen LogP contribution in [0.15, 0.2) is 17.0 Å². The molecule has 0 aromatic heterocycles. The summed E-state index contributed by atoms with van der Waals surface area (Å²) in [5.41, 5.74) is 3.00. The van der Waals surface area contributed by atoms with Crippen LogP contribution in [-0.4, -0.2) is 53.9 Å². The number of amides is 1. The van der Waals surface area contributed by atoms with Gasteiger partial charge in [-0.15, -0.1) is 0 Å². The Bertz CT molecular complexity index is 614. The van der Waals surface area contributed by atoms with Gasteiger partial charge in [0.25, 0.3) is 5.91 Å². The van der Waals surface area contributed by atoms with Gasteiger partial charge >= 0.3 is 0 Å². The summed E-state index contributed by atoms with van der Waals surface area (Å²) in [7, 11) is 4.04. The average molecular weight is 363 g/mol. The Morgan fingerprint density at radius 1 is 1.20 bits per heavy atom. The summed E-state index contributed by atoms with van der Waals surface area (Å²) in [6.07, 6.45) is 5.68. The van der Waals surface area contributed by atoms with E-state index in [4.69, 9.17) is 0 Å². The lowest BCUT2D eigenvalue weighted by Crippen LogP contribution is -2.32. The molecule has 25 heavy (non-hydrogen) atoms. The summed E-state index contributed by atoms with van der Waals surface area (Å²) in [6.45, 7) is 5.86. The van der Waals surface area contributed by atoms with E-state index in [2.05, 4.69) is 18.7 Å². The van der Waals surface area contributed by atoms with Crippen molar-refractivity contribution in [3.63, 3.8) is 0 Å². The van der Waals surface area contributed by atoms with Gasteiger partial charge in [-0.05, 0) is 61.8 Å². The van der Waals surface area contributed by atoms with Gasteiger partial charge in [0.1, 0.15) is 5.75 Å². The fourth-order valence-electron chi connectivity index (χ4n) is 2.96. The number of hydrogen-bond acceptors (Lipinski definition) is 4. The molecule has 0 spiro atoms. The van der Waals surface area contributed by atoms with E-state index in [9.17, 15) is 9.90 Å². The Labute approximate surface area is 155 Å². The molecule has 1 amide bonds. The van der Waals surface area contributed by atoms with E-state index in [0.29, 0.717) is 5.75 Å². The third-order valence-corrected chi connectivity index (χ3v) is 5.36. The van der Waals surface area contributed by atoms with Crippen molar-refractivity contribution in [2.45, 2.75) is 39.5 Å². The summed E-state index contributed by atoms with van der Waals surface area (Å²) in [5.74, 6) is 1.28. The van der Waals surface area contributed by atoms with Gasteiger partial charge in [0.15, 0.2) is 0 Å². The molecule has 1 aliphatic heterocycles. The Kier molecular flexibility index (Phi) is 7.38. The molecule has 1 aromatic carbocycles. The third kappa shape index (κ3) is 5.25. The van der Waals surface area contributed by atoms with Gasteiger partial charge in [0.05, 0.1) is 10.8 Å². The Hall–Kier alpha value is -1.46. The van der Waals surface area contributed by atoms with E-state index >= 15 is 0 Å². The van der Waals surface area contributed by atoms with Crippen molar-refractivity contribution in [3.8, 4) is 5.75 Å². The number of phenolic OH excluding ortho intramolecular Hbond substituents is 1. The van der Waals surface area contributed by atoms with E-state index in [0.717, 1.165) is 66.2 Å². The van der Waals surface area contributed by atoms with E-state index in [1.807, 2.05) is 37.2 Å². The minimum atomic E-state index is 0.119. The summed E-state index contributed by atoms with van der Waals surface area (Å²) in [6, 6.07) is 4.06. The number of benzene rings is 1. The number of carbonyl (C=O) groups excluding carboxylic acids is 1. The fourth-order valence-corrected chi connectivity index (χ4v) is 3.97. The maximum Gasteiger partial charge on any atom is 0.261 e. The summed E-state index contributed by atoms with van der Waals surface area (Å²) >= 11 is 1.60. The maximum absolute atomic E-state index is 12.6. The molecule has 4 nitrogen and oxygen atoms in total. The molecule has 1 saturated heterocycles. The molecule has 0 radical (unpaired) electrons. The normalized spacial score (nSPS) is 16.4. The second-order valence-corrected chi connectivity index (χ2v) is 7.83. The molecule has 2 rings (SSSR count). The first kappa shape index (κ1) is 19.9. The quantitative estimate of drug-likeness (QED) is 0.716. The van der Waals surface area contributed by atoms with Gasteiger partial charge in [-0.25, -0.2) is 0 Å². The molecule has 1 fully saturated rings. The highest BCUT2D eigenvalue weighted by atomic mass is 32.2. The van der Waals surface area contributed by atoms with E-state index < -0.39 is 0 Å². The lowest BCUT2D eigenvalue weighted by Gasteiger charge is -2.17. The minimum Gasteiger partial charge on any atom is -0.507 e. The van der Waals surface area contributed by atoms with Crippen molar-refractivity contribution < 1.29 is 9.90 Å². The van der Waals surface area contributed by atoms with Crippen molar-refractivity contribution in [2.75, 3.05) is 33.1 Å². The molecule has 0 unspecified atom stereocenters. The van der Waals surface area contributed by atoms with Gasteiger partial charge in [-0.3, -0.25) is 4.79 Å². The highest BCUT2D eigenvalue weighted by Gasteiger charge is 2.26. The summed E-state index contributed by atoms with van der Waals surface area (Å²) in [4.78, 5) is 17.4.